The van der Waals surface area contributed by atoms with Crippen molar-refractivity contribution >= 4 is 17.4 Å². The van der Waals surface area contributed by atoms with Gasteiger partial charge >= 0.3 is 0 Å². The lowest BCUT2D eigenvalue weighted by atomic mass is 9.93. The number of rotatable bonds is 2. The number of primary amides is 1. The molecule has 0 spiro atoms. The Bertz CT molecular complexity index is 779. The fourth-order valence-corrected chi connectivity index (χ4v) is 3.30. The molecule has 3 heterocycles. The molecule has 6 nitrogen and oxygen atoms in total. The van der Waals surface area contributed by atoms with Crippen LogP contribution < -0.4 is 10.6 Å². The van der Waals surface area contributed by atoms with E-state index in [1.54, 1.807) is 0 Å². The van der Waals surface area contributed by atoms with Gasteiger partial charge in [0.15, 0.2) is 5.65 Å². The highest BCUT2D eigenvalue weighted by Gasteiger charge is 2.27. The number of hydrogen-bond donors (Lipinski definition) is 1. The average Bonchev–Trinajstić information content (AvgIpc) is 2.92. The van der Waals surface area contributed by atoms with Crippen molar-refractivity contribution in [1.82, 2.24) is 14.6 Å². The van der Waals surface area contributed by atoms with E-state index in [1.165, 1.54) is 0 Å². The zero-order chi connectivity index (χ0) is 17.6. The summed E-state index contributed by atoms with van der Waals surface area (Å²) >= 11 is 0. The summed E-state index contributed by atoms with van der Waals surface area (Å²) in [5.41, 5.74) is 9.52. The Kier molecular flexibility index (Phi) is 4.01. The Morgan fingerprint density at radius 2 is 1.88 bits per heavy atom. The molecule has 1 amide bonds. The molecule has 3 rings (SSSR count). The molecule has 1 aliphatic heterocycles. The second-order valence-electron chi connectivity index (χ2n) is 7.86. The minimum absolute atomic E-state index is 0.0114. The number of piperidine rings is 1. The van der Waals surface area contributed by atoms with Gasteiger partial charge in [0.2, 0.25) is 5.91 Å². The van der Waals surface area contributed by atoms with E-state index in [1.807, 2.05) is 11.4 Å². The lowest BCUT2D eigenvalue weighted by Crippen LogP contribution is -2.39. The number of carbonyl (C=O) groups is 1. The summed E-state index contributed by atoms with van der Waals surface area (Å²) in [4.78, 5) is 18.4. The van der Waals surface area contributed by atoms with Crippen LogP contribution in [-0.4, -0.2) is 33.6 Å². The van der Waals surface area contributed by atoms with Gasteiger partial charge in [0.05, 0.1) is 5.69 Å². The van der Waals surface area contributed by atoms with E-state index < -0.39 is 0 Å². The van der Waals surface area contributed by atoms with Gasteiger partial charge in [-0.1, -0.05) is 20.8 Å². The smallest absolute Gasteiger partial charge is 0.220 e. The Labute approximate surface area is 143 Å². The molecular formula is C18H27N5O. The van der Waals surface area contributed by atoms with E-state index in [4.69, 9.17) is 15.8 Å². The molecule has 2 aromatic heterocycles. The number of nitrogens with two attached hydrogens (primary N) is 1. The molecule has 0 aliphatic carbocycles. The third-order valence-corrected chi connectivity index (χ3v) is 5.02. The Morgan fingerprint density at radius 3 is 2.42 bits per heavy atom. The Hall–Kier alpha value is -2.11. The van der Waals surface area contributed by atoms with Crippen molar-refractivity contribution < 1.29 is 4.79 Å². The monoisotopic (exact) mass is 329 g/mol. The number of fused-ring (bicyclic) bond motifs is 1. The summed E-state index contributed by atoms with van der Waals surface area (Å²) in [6.07, 6.45) is 1.59. The number of nitrogens with zero attached hydrogens (tertiary/aromatic N) is 4. The van der Waals surface area contributed by atoms with Crippen LogP contribution in [0.4, 0.5) is 5.82 Å². The van der Waals surface area contributed by atoms with Gasteiger partial charge in [-0.05, 0) is 26.7 Å². The predicted octanol–water partition coefficient (Wildman–Crippen LogP) is 2.35. The average molecular weight is 329 g/mol. The highest BCUT2D eigenvalue weighted by atomic mass is 16.1. The molecule has 0 aromatic carbocycles. The van der Waals surface area contributed by atoms with Crippen LogP contribution >= 0.6 is 0 Å². The molecule has 2 aromatic rings. The van der Waals surface area contributed by atoms with E-state index in [0.29, 0.717) is 0 Å². The van der Waals surface area contributed by atoms with Crippen LogP contribution in [0, 0.1) is 19.8 Å². The normalized spacial score (nSPS) is 16.8. The number of anilines is 1. The van der Waals surface area contributed by atoms with Crippen LogP contribution in [-0.2, 0) is 10.2 Å². The van der Waals surface area contributed by atoms with Crippen LogP contribution in [0.3, 0.4) is 0 Å². The molecule has 0 atom stereocenters. The lowest BCUT2D eigenvalue weighted by molar-refractivity contribution is -0.122. The van der Waals surface area contributed by atoms with Gasteiger partial charge in [-0.3, -0.25) is 4.79 Å². The summed E-state index contributed by atoms with van der Waals surface area (Å²) in [7, 11) is 0. The highest BCUT2D eigenvalue weighted by molar-refractivity contribution is 5.77. The molecule has 130 valence electrons. The summed E-state index contributed by atoms with van der Waals surface area (Å²) in [5.74, 6) is 0.898. The summed E-state index contributed by atoms with van der Waals surface area (Å²) in [6, 6.07) is 2.08. The summed E-state index contributed by atoms with van der Waals surface area (Å²) < 4.78 is 1.97. The molecule has 0 bridgehead atoms. The maximum Gasteiger partial charge on any atom is 0.220 e. The number of aryl methyl sites for hydroxylation is 1. The largest absolute Gasteiger partial charge is 0.369 e. The second-order valence-corrected chi connectivity index (χ2v) is 7.86. The van der Waals surface area contributed by atoms with Crippen molar-refractivity contribution in [3.8, 4) is 0 Å². The Balaban J connectivity index is 2.05. The van der Waals surface area contributed by atoms with E-state index in [2.05, 4.69) is 38.7 Å². The standard InChI is InChI=1S/C18H27N5O/c1-11-12(2)20-15-10-14(18(3,4)5)21-23(15)17(11)22-8-6-13(7-9-22)16(19)24/h10,13H,6-9H2,1-5H3,(H2,19,24). The van der Waals surface area contributed by atoms with Gasteiger partial charge < -0.3 is 10.6 Å². The third kappa shape index (κ3) is 2.85. The maximum atomic E-state index is 11.4. The van der Waals surface area contributed by atoms with Gasteiger partial charge in [0, 0.05) is 41.7 Å². The fourth-order valence-electron chi connectivity index (χ4n) is 3.30. The topological polar surface area (TPSA) is 76.5 Å². The molecule has 1 aliphatic rings. The van der Waals surface area contributed by atoms with Crippen molar-refractivity contribution in [1.29, 1.82) is 0 Å². The molecular weight excluding hydrogens is 302 g/mol. The molecule has 0 unspecified atom stereocenters. The molecule has 0 radical (unpaired) electrons. The molecule has 1 fully saturated rings. The highest BCUT2D eigenvalue weighted by Crippen LogP contribution is 2.30. The molecule has 1 saturated heterocycles. The van der Waals surface area contributed by atoms with Gasteiger partial charge in [-0.25, -0.2) is 4.98 Å². The summed E-state index contributed by atoms with van der Waals surface area (Å²) in [6.45, 7) is 12.2. The van der Waals surface area contributed by atoms with E-state index >= 15 is 0 Å². The van der Waals surface area contributed by atoms with Gasteiger partial charge in [-0.15, -0.1) is 0 Å². The molecule has 6 heteroatoms. The van der Waals surface area contributed by atoms with E-state index in [9.17, 15) is 4.79 Å². The van der Waals surface area contributed by atoms with Gasteiger partial charge in [-0.2, -0.15) is 9.61 Å². The minimum atomic E-state index is -0.184. The second kappa shape index (κ2) is 5.76. The van der Waals surface area contributed by atoms with Gasteiger partial charge in [0.1, 0.15) is 5.82 Å². The van der Waals surface area contributed by atoms with Crippen LogP contribution in [0.5, 0.6) is 0 Å². The first-order valence-electron chi connectivity index (χ1n) is 8.60. The van der Waals surface area contributed by atoms with E-state index in [-0.39, 0.29) is 17.2 Å². The van der Waals surface area contributed by atoms with Crippen LogP contribution in [0.1, 0.15) is 50.6 Å². The van der Waals surface area contributed by atoms with Crippen molar-refractivity contribution in [3.05, 3.63) is 23.0 Å². The number of carbonyl (C=O) groups excluding carboxylic acids is 1. The van der Waals surface area contributed by atoms with Crippen LogP contribution in [0.25, 0.3) is 5.65 Å². The molecule has 24 heavy (non-hydrogen) atoms. The van der Waals surface area contributed by atoms with Crippen LogP contribution in [0.2, 0.25) is 0 Å². The fraction of sp³-hybridized carbons (Fsp3) is 0.611. The third-order valence-electron chi connectivity index (χ3n) is 5.02. The lowest BCUT2D eigenvalue weighted by Gasteiger charge is -2.33. The number of amides is 1. The first-order chi connectivity index (χ1) is 11.2. The number of hydrogen-bond acceptors (Lipinski definition) is 4. The van der Waals surface area contributed by atoms with Crippen molar-refractivity contribution in [2.75, 3.05) is 18.0 Å². The SMILES string of the molecule is Cc1nc2cc(C(C)(C)C)nn2c(N2CCC(C(N)=O)CC2)c1C. The van der Waals surface area contributed by atoms with Crippen molar-refractivity contribution in [2.45, 2.75) is 52.9 Å². The first-order valence-corrected chi connectivity index (χ1v) is 8.60. The maximum absolute atomic E-state index is 11.4. The summed E-state index contributed by atoms with van der Waals surface area (Å²) in [5, 5.41) is 4.84. The van der Waals surface area contributed by atoms with Crippen LogP contribution in [0.15, 0.2) is 6.07 Å². The van der Waals surface area contributed by atoms with E-state index in [0.717, 1.165) is 54.3 Å². The predicted molar refractivity (Wildman–Crippen MR) is 95.3 cm³/mol. The minimum Gasteiger partial charge on any atom is -0.369 e. The zero-order valence-electron chi connectivity index (χ0n) is 15.3. The Morgan fingerprint density at radius 1 is 1.25 bits per heavy atom. The quantitative estimate of drug-likeness (QED) is 0.917. The zero-order valence-corrected chi connectivity index (χ0v) is 15.3. The van der Waals surface area contributed by atoms with Crippen molar-refractivity contribution in [2.24, 2.45) is 11.7 Å². The molecule has 2 N–H and O–H groups in total. The number of aromatic nitrogens is 3. The first kappa shape index (κ1) is 16.7. The van der Waals surface area contributed by atoms with Gasteiger partial charge in [0.25, 0.3) is 0 Å². The molecule has 0 saturated carbocycles. The van der Waals surface area contributed by atoms with Crippen molar-refractivity contribution in [3.63, 3.8) is 0 Å².